The Morgan fingerprint density at radius 1 is 1.13 bits per heavy atom. The summed E-state index contributed by atoms with van der Waals surface area (Å²) in [4.78, 5) is 19.7. The summed E-state index contributed by atoms with van der Waals surface area (Å²) >= 11 is 0. The number of carbonyl (C=O) groups is 1. The van der Waals surface area contributed by atoms with Crippen LogP contribution in [0.25, 0.3) is 17.0 Å². The van der Waals surface area contributed by atoms with E-state index in [0.29, 0.717) is 25.1 Å². The first-order chi connectivity index (χ1) is 15.1. The van der Waals surface area contributed by atoms with E-state index in [1.165, 1.54) is 6.07 Å². The van der Waals surface area contributed by atoms with Gasteiger partial charge in [0.2, 0.25) is 0 Å². The minimum absolute atomic E-state index is 0.0218. The maximum atomic E-state index is 14.7. The van der Waals surface area contributed by atoms with Crippen LogP contribution in [0, 0.1) is 11.7 Å². The molecule has 1 aromatic heterocycles. The van der Waals surface area contributed by atoms with Crippen LogP contribution in [0.15, 0.2) is 66.4 Å². The molecule has 0 bridgehead atoms. The van der Waals surface area contributed by atoms with E-state index in [1.54, 1.807) is 24.4 Å². The smallest absolute Gasteiger partial charge is 0.157 e. The average molecular weight is 416 g/mol. The van der Waals surface area contributed by atoms with Crippen molar-refractivity contribution in [1.82, 2.24) is 9.88 Å². The van der Waals surface area contributed by atoms with Gasteiger partial charge in [0.05, 0.1) is 17.7 Å². The average Bonchev–Trinajstić information content (AvgIpc) is 3.63. The fourth-order valence-corrected chi connectivity index (χ4v) is 4.45. The van der Waals surface area contributed by atoms with Gasteiger partial charge in [-0.1, -0.05) is 42.5 Å². The summed E-state index contributed by atoms with van der Waals surface area (Å²) in [7, 11) is 0. The van der Waals surface area contributed by atoms with Gasteiger partial charge in [0, 0.05) is 36.2 Å². The van der Waals surface area contributed by atoms with E-state index in [-0.39, 0.29) is 17.5 Å². The zero-order valence-electron chi connectivity index (χ0n) is 17.2. The van der Waals surface area contributed by atoms with Crippen LogP contribution in [0.2, 0.25) is 0 Å². The molecule has 0 amide bonds. The first-order valence-electron chi connectivity index (χ1n) is 10.9. The van der Waals surface area contributed by atoms with Crippen LogP contribution in [0.4, 0.5) is 4.39 Å². The second kappa shape index (κ2) is 8.33. The highest BCUT2D eigenvalue weighted by molar-refractivity contribution is 5.89. The summed E-state index contributed by atoms with van der Waals surface area (Å²) < 4.78 is 14.7. The van der Waals surface area contributed by atoms with Crippen molar-refractivity contribution in [2.45, 2.75) is 31.4 Å². The van der Waals surface area contributed by atoms with E-state index >= 15 is 0 Å². The summed E-state index contributed by atoms with van der Waals surface area (Å²) in [6.45, 7) is 0.970. The molecule has 31 heavy (non-hydrogen) atoms. The second-order valence-electron chi connectivity index (χ2n) is 8.56. The number of rotatable bonds is 5. The molecule has 1 aliphatic heterocycles. The van der Waals surface area contributed by atoms with Crippen LogP contribution in [0.5, 0.6) is 0 Å². The van der Waals surface area contributed by atoms with Crippen molar-refractivity contribution in [3.63, 3.8) is 0 Å². The van der Waals surface area contributed by atoms with Gasteiger partial charge in [0.15, 0.2) is 5.78 Å². The monoisotopic (exact) mass is 416 g/mol. The van der Waals surface area contributed by atoms with Crippen molar-refractivity contribution >= 4 is 22.8 Å². The summed E-state index contributed by atoms with van der Waals surface area (Å²) in [5, 5.41) is 11.7. The Balaban J connectivity index is 1.47. The molecule has 5 heteroatoms. The van der Waals surface area contributed by atoms with E-state index in [2.05, 4.69) is 4.98 Å². The third-order valence-electron chi connectivity index (χ3n) is 6.28. The largest absolute Gasteiger partial charge is 0.389 e. The van der Waals surface area contributed by atoms with Crippen molar-refractivity contribution in [3.05, 3.63) is 83.3 Å². The van der Waals surface area contributed by atoms with Crippen molar-refractivity contribution < 1.29 is 14.3 Å². The van der Waals surface area contributed by atoms with Crippen molar-refractivity contribution in [3.8, 4) is 0 Å². The Hall–Kier alpha value is -2.89. The third kappa shape index (κ3) is 4.16. The number of hydrogen-bond acceptors (Lipinski definition) is 4. The number of pyridine rings is 1. The SMILES string of the molecule is O=C(C1CC1)C(c1ccccc1F)N1CCC(O)/C(=C\c2cnc3ccccc3c2)C1. The van der Waals surface area contributed by atoms with E-state index in [9.17, 15) is 14.3 Å². The first kappa shape index (κ1) is 20.0. The number of aliphatic hydroxyl groups is 1. The van der Waals surface area contributed by atoms with Gasteiger partial charge in [-0.25, -0.2) is 4.39 Å². The molecular formula is C26H25FN2O2. The molecule has 1 N–H and O–H groups in total. The number of nitrogens with zero attached hydrogens (tertiary/aromatic N) is 2. The Bertz CT molecular complexity index is 1150. The fourth-order valence-electron chi connectivity index (χ4n) is 4.45. The number of hydrogen-bond donors (Lipinski definition) is 1. The number of ketones is 1. The summed E-state index contributed by atoms with van der Waals surface area (Å²) in [6.07, 6.45) is 5.44. The molecule has 1 aliphatic carbocycles. The minimum atomic E-state index is -0.612. The van der Waals surface area contributed by atoms with Gasteiger partial charge in [0.25, 0.3) is 0 Å². The zero-order valence-corrected chi connectivity index (χ0v) is 17.2. The maximum Gasteiger partial charge on any atom is 0.157 e. The Morgan fingerprint density at radius 3 is 2.71 bits per heavy atom. The van der Waals surface area contributed by atoms with Crippen LogP contribution in [0.3, 0.4) is 0 Å². The molecule has 2 atom stereocenters. The Morgan fingerprint density at radius 2 is 1.90 bits per heavy atom. The number of para-hydroxylation sites is 1. The van der Waals surface area contributed by atoms with Gasteiger partial charge < -0.3 is 5.11 Å². The van der Waals surface area contributed by atoms with Gasteiger partial charge in [-0.2, -0.15) is 0 Å². The molecule has 1 saturated heterocycles. The van der Waals surface area contributed by atoms with E-state index in [4.69, 9.17) is 0 Å². The van der Waals surface area contributed by atoms with Crippen LogP contribution < -0.4 is 0 Å². The summed E-state index contributed by atoms with van der Waals surface area (Å²) in [6, 6.07) is 15.9. The lowest BCUT2D eigenvalue weighted by Gasteiger charge is -2.37. The summed E-state index contributed by atoms with van der Waals surface area (Å²) in [5.41, 5.74) is 3.09. The highest BCUT2D eigenvalue weighted by atomic mass is 19.1. The fraction of sp³-hybridized carbons (Fsp3) is 0.308. The lowest BCUT2D eigenvalue weighted by Crippen LogP contribution is -2.43. The molecule has 0 radical (unpaired) electrons. The molecule has 5 rings (SSSR count). The topological polar surface area (TPSA) is 53.4 Å². The molecule has 2 heterocycles. The number of carbonyl (C=O) groups excluding carboxylic acids is 1. The zero-order chi connectivity index (χ0) is 21.4. The van der Waals surface area contributed by atoms with Gasteiger partial charge in [0.1, 0.15) is 5.82 Å². The van der Waals surface area contributed by atoms with E-state index in [1.807, 2.05) is 41.3 Å². The molecule has 2 fully saturated rings. The molecule has 1 saturated carbocycles. The van der Waals surface area contributed by atoms with Crippen molar-refractivity contribution in [1.29, 1.82) is 0 Å². The van der Waals surface area contributed by atoms with Crippen molar-refractivity contribution in [2.24, 2.45) is 5.92 Å². The van der Waals surface area contributed by atoms with Crippen LogP contribution >= 0.6 is 0 Å². The predicted octanol–water partition coefficient (Wildman–Crippen LogP) is 4.54. The van der Waals surface area contributed by atoms with Crippen LogP contribution in [-0.2, 0) is 4.79 Å². The number of Topliss-reactive ketones (excluding diaryl/α,β-unsaturated/α-hetero) is 1. The van der Waals surface area contributed by atoms with Crippen molar-refractivity contribution in [2.75, 3.05) is 13.1 Å². The van der Waals surface area contributed by atoms with Gasteiger partial charge in [-0.3, -0.25) is 14.7 Å². The number of halogens is 1. The number of benzene rings is 2. The predicted molar refractivity (Wildman–Crippen MR) is 119 cm³/mol. The van der Waals surface area contributed by atoms with Crippen LogP contribution in [0.1, 0.15) is 36.4 Å². The number of aromatic nitrogens is 1. The quantitative estimate of drug-likeness (QED) is 0.663. The lowest BCUT2D eigenvalue weighted by molar-refractivity contribution is -0.126. The maximum absolute atomic E-state index is 14.7. The molecular weight excluding hydrogens is 391 g/mol. The number of likely N-dealkylation sites (tertiary alicyclic amines) is 1. The standard InChI is InChI=1S/C26H25FN2O2/c27-22-7-3-2-6-21(22)25(26(31)18-9-10-18)29-12-11-24(30)20(16-29)14-17-13-19-5-1-4-8-23(19)28-15-17/h1-8,13-15,18,24-25,30H,9-12,16H2/b20-14-. The minimum Gasteiger partial charge on any atom is -0.389 e. The van der Waals surface area contributed by atoms with E-state index in [0.717, 1.165) is 34.9 Å². The molecule has 4 nitrogen and oxygen atoms in total. The molecule has 2 unspecified atom stereocenters. The third-order valence-corrected chi connectivity index (χ3v) is 6.28. The number of piperidine rings is 1. The molecule has 3 aromatic rings. The lowest BCUT2D eigenvalue weighted by atomic mass is 9.92. The highest BCUT2D eigenvalue weighted by Crippen LogP contribution is 2.39. The first-order valence-corrected chi connectivity index (χ1v) is 10.9. The van der Waals surface area contributed by atoms with Crippen LogP contribution in [-0.4, -0.2) is 40.0 Å². The normalized spacial score (nSPS) is 22.0. The van der Waals surface area contributed by atoms with Gasteiger partial charge >= 0.3 is 0 Å². The number of fused-ring (bicyclic) bond motifs is 1. The number of aliphatic hydroxyl groups excluding tert-OH is 1. The van der Waals surface area contributed by atoms with Gasteiger partial charge in [-0.05, 0) is 48.6 Å². The van der Waals surface area contributed by atoms with Gasteiger partial charge in [-0.15, -0.1) is 0 Å². The summed E-state index contributed by atoms with van der Waals surface area (Å²) in [5.74, 6) is -0.237. The highest BCUT2D eigenvalue weighted by Gasteiger charge is 2.41. The molecule has 0 spiro atoms. The Kier molecular flexibility index (Phi) is 5.38. The molecule has 2 aromatic carbocycles. The Labute approximate surface area is 181 Å². The molecule has 2 aliphatic rings. The second-order valence-corrected chi connectivity index (χ2v) is 8.56. The molecule has 158 valence electrons. The van der Waals surface area contributed by atoms with E-state index < -0.39 is 12.1 Å².